The molecule has 2 aromatic carbocycles. The van der Waals surface area contributed by atoms with Crippen LogP contribution in [0.15, 0.2) is 53.0 Å². The molecule has 1 aliphatic rings. The van der Waals surface area contributed by atoms with Crippen molar-refractivity contribution in [3.63, 3.8) is 0 Å². The molecule has 0 amide bonds. The number of nitrogens with one attached hydrogen (secondary N) is 1. The van der Waals surface area contributed by atoms with Gasteiger partial charge >= 0.3 is 0 Å². The molecule has 1 saturated heterocycles. The zero-order valence-corrected chi connectivity index (χ0v) is 12.1. The molecule has 0 atom stereocenters. The Hall–Kier alpha value is -1.19. The van der Waals surface area contributed by atoms with Crippen molar-refractivity contribution in [2.45, 2.75) is 11.8 Å². The molecule has 0 unspecified atom stereocenters. The third-order valence-corrected chi connectivity index (χ3v) is 4.50. The van der Waals surface area contributed by atoms with Gasteiger partial charge in [0.1, 0.15) is 5.82 Å². The molecular formula is C16H15BrFN. The number of hydrogen-bond acceptors (Lipinski definition) is 1. The molecule has 19 heavy (non-hydrogen) atoms. The second kappa shape index (κ2) is 5.06. The first kappa shape index (κ1) is 12.8. The van der Waals surface area contributed by atoms with Crippen LogP contribution in [0.25, 0.3) is 0 Å². The zero-order valence-electron chi connectivity index (χ0n) is 10.5. The molecule has 3 rings (SSSR count). The Bertz CT molecular complexity index is 593. The van der Waals surface area contributed by atoms with Gasteiger partial charge in [-0.2, -0.15) is 0 Å². The van der Waals surface area contributed by atoms with Gasteiger partial charge in [0.25, 0.3) is 0 Å². The van der Waals surface area contributed by atoms with E-state index in [1.165, 1.54) is 11.6 Å². The van der Waals surface area contributed by atoms with Crippen LogP contribution in [0, 0.1) is 5.82 Å². The molecule has 0 aliphatic carbocycles. The highest BCUT2D eigenvalue weighted by atomic mass is 79.9. The van der Waals surface area contributed by atoms with Gasteiger partial charge in [-0.05, 0) is 35.7 Å². The number of rotatable bonds is 3. The van der Waals surface area contributed by atoms with Crippen molar-refractivity contribution in [2.75, 3.05) is 13.1 Å². The molecule has 3 heteroatoms. The maximum atomic E-state index is 13.3. The third kappa shape index (κ3) is 2.45. The fraction of sp³-hybridized carbons (Fsp3) is 0.250. The molecule has 0 spiro atoms. The van der Waals surface area contributed by atoms with Gasteiger partial charge in [0, 0.05) is 23.0 Å². The quantitative estimate of drug-likeness (QED) is 0.910. The summed E-state index contributed by atoms with van der Waals surface area (Å²) in [4.78, 5) is 0. The molecule has 1 N–H and O–H groups in total. The van der Waals surface area contributed by atoms with Crippen LogP contribution >= 0.6 is 15.9 Å². The largest absolute Gasteiger partial charge is 0.315 e. The lowest BCUT2D eigenvalue weighted by atomic mass is 9.71. The normalized spacial score (nSPS) is 16.9. The molecule has 1 fully saturated rings. The first-order chi connectivity index (χ1) is 9.20. The Labute approximate surface area is 121 Å². The van der Waals surface area contributed by atoms with E-state index in [0.29, 0.717) is 0 Å². The average molecular weight is 320 g/mol. The predicted octanol–water partition coefficient (Wildman–Crippen LogP) is 3.67. The van der Waals surface area contributed by atoms with Crippen LogP contribution in [0.2, 0.25) is 0 Å². The minimum atomic E-state index is -0.160. The number of halogens is 2. The van der Waals surface area contributed by atoms with Crippen molar-refractivity contribution < 1.29 is 4.39 Å². The fourth-order valence-corrected chi connectivity index (χ4v) is 3.47. The van der Waals surface area contributed by atoms with Crippen LogP contribution in [0.3, 0.4) is 0 Å². The molecule has 0 bridgehead atoms. The van der Waals surface area contributed by atoms with E-state index in [0.717, 1.165) is 29.5 Å². The Kier molecular flexibility index (Phi) is 3.42. The Morgan fingerprint density at radius 2 is 1.89 bits per heavy atom. The topological polar surface area (TPSA) is 12.0 Å². The minimum Gasteiger partial charge on any atom is -0.315 e. The summed E-state index contributed by atoms with van der Waals surface area (Å²) in [6.07, 6.45) is 0.861. The van der Waals surface area contributed by atoms with Gasteiger partial charge < -0.3 is 5.32 Å². The van der Waals surface area contributed by atoms with Gasteiger partial charge in [-0.15, -0.1) is 0 Å². The maximum absolute atomic E-state index is 13.3. The molecular weight excluding hydrogens is 305 g/mol. The summed E-state index contributed by atoms with van der Waals surface area (Å²) in [5.74, 6) is -0.160. The highest BCUT2D eigenvalue weighted by Crippen LogP contribution is 2.36. The summed E-state index contributed by atoms with van der Waals surface area (Å²) in [6, 6.07) is 15.2. The van der Waals surface area contributed by atoms with Crippen LogP contribution in [0.5, 0.6) is 0 Å². The number of hydrogen-bond donors (Lipinski definition) is 1. The molecule has 98 valence electrons. The summed E-state index contributed by atoms with van der Waals surface area (Å²) in [6.45, 7) is 1.87. The van der Waals surface area contributed by atoms with E-state index in [9.17, 15) is 4.39 Å². The summed E-state index contributed by atoms with van der Waals surface area (Å²) in [5, 5.41) is 3.35. The smallest absolute Gasteiger partial charge is 0.123 e. The SMILES string of the molecule is Fc1cccc(CC2(c3ccccc3Br)CNC2)c1. The predicted molar refractivity (Wildman–Crippen MR) is 78.8 cm³/mol. The first-order valence-electron chi connectivity index (χ1n) is 6.40. The summed E-state index contributed by atoms with van der Waals surface area (Å²) in [7, 11) is 0. The molecule has 1 nitrogen and oxygen atoms in total. The molecule has 2 aromatic rings. The molecule has 0 radical (unpaired) electrons. The zero-order chi connectivity index (χ0) is 13.3. The minimum absolute atomic E-state index is 0.0773. The van der Waals surface area contributed by atoms with Crippen LogP contribution in [0.1, 0.15) is 11.1 Å². The Balaban J connectivity index is 1.94. The average Bonchev–Trinajstić information content (AvgIpc) is 2.35. The van der Waals surface area contributed by atoms with E-state index in [-0.39, 0.29) is 11.2 Å². The lowest BCUT2D eigenvalue weighted by Crippen LogP contribution is -2.58. The van der Waals surface area contributed by atoms with Gasteiger partial charge in [-0.1, -0.05) is 46.3 Å². The van der Waals surface area contributed by atoms with Gasteiger partial charge in [-0.3, -0.25) is 0 Å². The van der Waals surface area contributed by atoms with Crippen molar-refractivity contribution in [1.82, 2.24) is 5.32 Å². The lowest BCUT2D eigenvalue weighted by Gasteiger charge is -2.44. The number of benzene rings is 2. The highest BCUT2D eigenvalue weighted by Gasteiger charge is 2.39. The fourth-order valence-electron chi connectivity index (χ4n) is 2.77. The third-order valence-electron chi connectivity index (χ3n) is 3.80. The van der Waals surface area contributed by atoms with E-state index in [1.54, 1.807) is 12.1 Å². The van der Waals surface area contributed by atoms with Crippen molar-refractivity contribution in [1.29, 1.82) is 0 Å². The van der Waals surface area contributed by atoms with Gasteiger partial charge in [0.15, 0.2) is 0 Å². The first-order valence-corrected chi connectivity index (χ1v) is 7.19. The van der Waals surface area contributed by atoms with Crippen molar-refractivity contribution >= 4 is 15.9 Å². The summed E-state index contributed by atoms with van der Waals surface area (Å²) in [5.41, 5.74) is 2.43. The van der Waals surface area contributed by atoms with Crippen LogP contribution in [0.4, 0.5) is 4.39 Å². The monoisotopic (exact) mass is 319 g/mol. The molecule has 0 aromatic heterocycles. The Morgan fingerprint density at radius 3 is 2.53 bits per heavy atom. The van der Waals surface area contributed by atoms with E-state index in [4.69, 9.17) is 0 Å². The van der Waals surface area contributed by atoms with E-state index in [1.807, 2.05) is 12.1 Å². The van der Waals surface area contributed by atoms with Crippen molar-refractivity contribution in [2.24, 2.45) is 0 Å². The maximum Gasteiger partial charge on any atom is 0.123 e. The second-order valence-corrected chi connectivity index (χ2v) is 6.02. The van der Waals surface area contributed by atoms with E-state index < -0.39 is 0 Å². The van der Waals surface area contributed by atoms with Crippen LogP contribution in [-0.2, 0) is 11.8 Å². The van der Waals surface area contributed by atoms with Crippen molar-refractivity contribution in [3.05, 3.63) is 69.9 Å². The lowest BCUT2D eigenvalue weighted by molar-refractivity contribution is 0.273. The molecule has 0 saturated carbocycles. The standard InChI is InChI=1S/C16H15BrFN/c17-15-7-2-1-6-14(15)16(10-19-11-16)9-12-4-3-5-13(18)8-12/h1-8,19H,9-11H2. The second-order valence-electron chi connectivity index (χ2n) is 5.17. The molecule has 1 heterocycles. The summed E-state index contributed by atoms with van der Waals surface area (Å²) < 4.78 is 14.5. The highest BCUT2D eigenvalue weighted by molar-refractivity contribution is 9.10. The van der Waals surface area contributed by atoms with Gasteiger partial charge in [0.05, 0.1) is 0 Å². The van der Waals surface area contributed by atoms with E-state index >= 15 is 0 Å². The van der Waals surface area contributed by atoms with Gasteiger partial charge in [0.2, 0.25) is 0 Å². The van der Waals surface area contributed by atoms with Crippen LogP contribution < -0.4 is 5.32 Å². The summed E-state index contributed by atoms with van der Waals surface area (Å²) >= 11 is 3.63. The van der Waals surface area contributed by atoms with Crippen molar-refractivity contribution in [3.8, 4) is 0 Å². The van der Waals surface area contributed by atoms with E-state index in [2.05, 4.69) is 39.4 Å². The van der Waals surface area contributed by atoms with Gasteiger partial charge in [-0.25, -0.2) is 4.39 Å². The molecule has 1 aliphatic heterocycles. The van der Waals surface area contributed by atoms with Crippen LogP contribution in [-0.4, -0.2) is 13.1 Å². The Morgan fingerprint density at radius 1 is 1.11 bits per heavy atom.